The lowest BCUT2D eigenvalue weighted by Gasteiger charge is -2.17. The number of rotatable bonds is 1. The van der Waals surface area contributed by atoms with Crippen molar-refractivity contribution in [3.8, 4) is 0 Å². The van der Waals surface area contributed by atoms with E-state index in [0.717, 1.165) is 10.7 Å². The van der Waals surface area contributed by atoms with Crippen LogP contribution < -0.4 is 0 Å². The van der Waals surface area contributed by atoms with Gasteiger partial charge in [-0.1, -0.05) is 6.08 Å². The van der Waals surface area contributed by atoms with Gasteiger partial charge in [0, 0.05) is 23.1 Å². The summed E-state index contributed by atoms with van der Waals surface area (Å²) in [6.07, 6.45) is 7.32. The van der Waals surface area contributed by atoms with Gasteiger partial charge in [-0.05, 0) is 18.6 Å². The van der Waals surface area contributed by atoms with Gasteiger partial charge in [-0.3, -0.25) is 4.90 Å². The van der Waals surface area contributed by atoms with E-state index in [0.29, 0.717) is 6.61 Å². The summed E-state index contributed by atoms with van der Waals surface area (Å²) in [5.74, 6) is 0.988. The van der Waals surface area contributed by atoms with E-state index in [1.807, 2.05) is 12.3 Å². The first-order chi connectivity index (χ1) is 6.81. The number of amides is 1. The molecule has 2 rings (SSSR count). The van der Waals surface area contributed by atoms with Crippen molar-refractivity contribution in [1.82, 2.24) is 4.90 Å². The lowest BCUT2D eigenvalue weighted by molar-refractivity contribution is 0.133. The highest BCUT2D eigenvalue weighted by Crippen LogP contribution is 2.34. The number of hydrogen-bond acceptors (Lipinski definition) is 3. The van der Waals surface area contributed by atoms with Gasteiger partial charge in [-0.2, -0.15) is 0 Å². The minimum absolute atomic E-state index is 0.317. The number of hydrogen-bond donors (Lipinski definition) is 0. The molecular formula is C10H11NO2S. The molecule has 14 heavy (non-hydrogen) atoms. The molecule has 2 heterocycles. The van der Waals surface area contributed by atoms with Gasteiger partial charge >= 0.3 is 6.09 Å². The Morgan fingerprint density at radius 1 is 1.71 bits per heavy atom. The Kier molecular flexibility index (Phi) is 2.63. The molecule has 4 heteroatoms. The summed E-state index contributed by atoms with van der Waals surface area (Å²) in [4.78, 5) is 14.0. The first-order valence-corrected chi connectivity index (χ1v) is 5.48. The number of carbonyl (C=O) groups excluding carboxylic acids is 1. The van der Waals surface area contributed by atoms with Gasteiger partial charge < -0.3 is 4.74 Å². The highest BCUT2D eigenvalue weighted by Gasteiger charge is 2.18. The smallest absolute Gasteiger partial charge is 0.417 e. The molecule has 0 fully saturated rings. The minimum Gasteiger partial charge on any atom is -0.449 e. The number of carbonyl (C=O) groups is 1. The van der Waals surface area contributed by atoms with Gasteiger partial charge in [0.05, 0.1) is 6.61 Å². The van der Waals surface area contributed by atoms with Gasteiger partial charge in [-0.15, -0.1) is 11.8 Å². The third-order valence-corrected chi connectivity index (χ3v) is 2.96. The number of fused-ring (bicyclic) bond motifs is 1. The summed E-state index contributed by atoms with van der Waals surface area (Å²) >= 11 is 1.73. The van der Waals surface area contributed by atoms with Crippen LogP contribution in [0.2, 0.25) is 0 Å². The Hall–Kier alpha value is -1.16. The molecule has 0 unspecified atom stereocenters. The second-order valence-corrected chi connectivity index (χ2v) is 3.95. The van der Waals surface area contributed by atoms with Crippen LogP contribution in [0.5, 0.6) is 0 Å². The van der Waals surface area contributed by atoms with Gasteiger partial charge in [0.2, 0.25) is 0 Å². The van der Waals surface area contributed by atoms with Gasteiger partial charge in [-0.25, -0.2) is 4.79 Å². The van der Waals surface area contributed by atoms with Crippen molar-refractivity contribution in [3.63, 3.8) is 0 Å². The topological polar surface area (TPSA) is 29.5 Å². The van der Waals surface area contributed by atoms with Crippen molar-refractivity contribution < 1.29 is 9.53 Å². The van der Waals surface area contributed by atoms with Crippen molar-refractivity contribution in [2.24, 2.45) is 0 Å². The summed E-state index contributed by atoms with van der Waals surface area (Å²) < 4.78 is 4.89. The zero-order chi connectivity index (χ0) is 9.97. The molecule has 0 N–H and O–H groups in total. The molecule has 0 atom stereocenters. The molecule has 0 radical (unpaired) electrons. The highest BCUT2D eigenvalue weighted by atomic mass is 32.2. The summed E-state index contributed by atoms with van der Waals surface area (Å²) in [5, 5.41) is 0. The van der Waals surface area contributed by atoms with E-state index in [1.54, 1.807) is 24.9 Å². The lowest BCUT2D eigenvalue weighted by Crippen LogP contribution is -2.22. The SMILES string of the molecule is CCOC(=O)N1C=CC2=CCSC2=C1. The van der Waals surface area contributed by atoms with Crippen LogP contribution in [-0.2, 0) is 4.74 Å². The molecule has 0 aromatic heterocycles. The standard InChI is InChI=1S/C10H11NO2S/c1-2-13-10(12)11-5-3-8-4-6-14-9(8)7-11/h3-5,7H,2,6H2,1H3. The predicted octanol–water partition coefficient (Wildman–Crippen LogP) is 2.49. The van der Waals surface area contributed by atoms with E-state index in [-0.39, 0.29) is 6.09 Å². The number of allylic oxidation sites excluding steroid dienone is 2. The van der Waals surface area contributed by atoms with Crippen molar-refractivity contribution in [2.75, 3.05) is 12.4 Å². The van der Waals surface area contributed by atoms with Crippen LogP contribution in [0.3, 0.4) is 0 Å². The summed E-state index contributed by atoms with van der Waals surface area (Å²) in [7, 11) is 0. The first kappa shape index (κ1) is 9.40. The van der Waals surface area contributed by atoms with E-state index in [9.17, 15) is 4.79 Å². The molecule has 0 saturated carbocycles. The molecule has 1 amide bonds. The molecule has 74 valence electrons. The molecule has 0 aromatic carbocycles. The Balaban J connectivity index is 2.11. The van der Waals surface area contributed by atoms with E-state index in [2.05, 4.69) is 6.08 Å². The summed E-state index contributed by atoms with van der Waals surface area (Å²) in [6.45, 7) is 2.20. The highest BCUT2D eigenvalue weighted by molar-refractivity contribution is 8.03. The predicted molar refractivity (Wildman–Crippen MR) is 56.6 cm³/mol. The minimum atomic E-state index is -0.317. The normalized spacial score (nSPS) is 18.8. The fraction of sp³-hybridized carbons (Fsp3) is 0.300. The molecule has 0 spiro atoms. The average molecular weight is 209 g/mol. The maximum absolute atomic E-state index is 11.4. The third-order valence-electron chi connectivity index (χ3n) is 1.98. The van der Waals surface area contributed by atoms with E-state index in [1.165, 1.54) is 10.5 Å². The second kappa shape index (κ2) is 3.92. The Morgan fingerprint density at radius 3 is 3.36 bits per heavy atom. The largest absolute Gasteiger partial charge is 0.449 e. The van der Waals surface area contributed by atoms with Crippen LogP contribution in [0.1, 0.15) is 6.92 Å². The van der Waals surface area contributed by atoms with Crippen molar-refractivity contribution in [2.45, 2.75) is 6.92 Å². The van der Waals surface area contributed by atoms with Crippen LogP contribution in [-0.4, -0.2) is 23.4 Å². The zero-order valence-electron chi connectivity index (χ0n) is 7.90. The molecule has 0 aromatic rings. The Labute approximate surface area is 87.1 Å². The fourth-order valence-electron chi connectivity index (χ4n) is 1.31. The fourth-order valence-corrected chi connectivity index (χ4v) is 2.26. The van der Waals surface area contributed by atoms with Gasteiger partial charge in [0.25, 0.3) is 0 Å². The number of nitrogens with zero attached hydrogens (tertiary/aromatic N) is 1. The number of ether oxygens (including phenoxy) is 1. The molecule has 2 aliphatic heterocycles. The average Bonchev–Trinajstić information content (AvgIpc) is 2.64. The molecular weight excluding hydrogens is 198 g/mol. The maximum atomic E-state index is 11.4. The van der Waals surface area contributed by atoms with Gasteiger partial charge in [0.15, 0.2) is 0 Å². The monoisotopic (exact) mass is 209 g/mol. The molecule has 0 saturated heterocycles. The first-order valence-electron chi connectivity index (χ1n) is 4.49. The van der Waals surface area contributed by atoms with Crippen LogP contribution in [0.25, 0.3) is 0 Å². The lowest BCUT2D eigenvalue weighted by atomic mass is 10.2. The second-order valence-electron chi connectivity index (χ2n) is 2.89. The third kappa shape index (κ3) is 1.70. The van der Waals surface area contributed by atoms with Gasteiger partial charge in [0.1, 0.15) is 0 Å². The summed E-state index contributed by atoms with van der Waals surface area (Å²) in [5.41, 5.74) is 1.20. The quantitative estimate of drug-likeness (QED) is 0.664. The molecule has 3 nitrogen and oxygen atoms in total. The van der Waals surface area contributed by atoms with Crippen molar-refractivity contribution >= 4 is 17.9 Å². The van der Waals surface area contributed by atoms with E-state index < -0.39 is 0 Å². The van der Waals surface area contributed by atoms with Crippen LogP contribution in [0.4, 0.5) is 4.79 Å². The van der Waals surface area contributed by atoms with E-state index >= 15 is 0 Å². The Morgan fingerprint density at radius 2 is 2.57 bits per heavy atom. The number of thioether (sulfide) groups is 1. The van der Waals surface area contributed by atoms with Crippen LogP contribution >= 0.6 is 11.8 Å². The molecule has 0 aliphatic carbocycles. The van der Waals surface area contributed by atoms with E-state index in [4.69, 9.17) is 4.74 Å². The van der Waals surface area contributed by atoms with Crippen molar-refractivity contribution in [3.05, 3.63) is 35.0 Å². The summed E-state index contributed by atoms with van der Waals surface area (Å²) in [6, 6.07) is 0. The zero-order valence-corrected chi connectivity index (χ0v) is 8.71. The van der Waals surface area contributed by atoms with Crippen molar-refractivity contribution in [1.29, 1.82) is 0 Å². The maximum Gasteiger partial charge on any atom is 0.417 e. The molecule has 2 aliphatic rings. The molecule has 0 bridgehead atoms. The Bertz CT molecular complexity index is 344. The van der Waals surface area contributed by atoms with Crippen LogP contribution in [0, 0.1) is 0 Å². The van der Waals surface area contributed by atoms with Crippen LogP contribution in [0.15, 0.2) is 35.0 Å².